The van der Waals surface area contributed by atoms with Gasteiger partial charge in [0.25, 0.3) is 0 Å². The average Bonchev–Trinajstić information content (AvgIpc) is 2.17. The van der Waals surface area contributed by atoms with E-state index >= 15 is 0 Å². The Labute approximate surface area is 100 Å². The van der Waals surface area contributed by atoms with Gasteiger partial charge >= 0.3 is 0 Å². The molecule has 0 aliphatic rings. The van der Waals surface area contributed by atoms with Gasteiger partial charge in [0.2, 0.25) is 0 Å². The maximum atomic E-state index is 6.06. The third kappa shape index (κ3) is 3.56. The Balaban J connectivity index is 2.97. The van der Waals surface area contributed by atoms with Crippen LogP contribution in [-0.2, 0) is 6.42 Å². The summed E-state index contributed by atoms with van der Waals surface area (Å²) in [5.74, 6) is 0.716. The second kappa shape index (κ2) is 6.21. The summed E-state index contributed by atoms with van der Waals surface area (Å²) in [4.78, 5) is 0. The van der Waals surface area contributed by atoms with E-state index in [1.807, 2.05) is 13.0 Å². The maximum absolute atomic E-state index is 6.06. The summed E-state index contributed by atoms with van der Waals surface area (Å²) >= 11 is 12.0. The molecule has 0 atom stereocenters. The molecule has 0 aliphatic heterocycles. The fraction of sp³-hybridized carbons (Fsp3) is 0.455. The number of rotatable bonds is 5. The number of hydrogen-bond donors (Lipinski definition) is 1. The van der Waals surface area contributed by atoms with Gasteiger partial charge in [-0.2, -0.15) is 0 Å². The largest absolute Gasteiger partial charge is 0.492 e. The lowest BCUT2D eigenvalue weighted by Gasteiger charge is -2.12. The smallest absolute Gasteiger partial charge is 0.141 e. The molecule has 0 bridgehead atoms. The van der Waals surface area contributed by atoms with Crippen molar-refractivity contribution in [2.45, 2.75) is 19.8 Å². The van der Waals surface area contributed by atoms with Crippen molar-refractivity contribution in [3.63, 3.8) is 0 Å². The molecule has 0 saturated heterocycles. The van der Waals surface area contributed by atoms with Gasteiger partial charge in [0, 0.05) is 5.02 Å². The second-order valence-corrected chi connectivity index (χ2v) is 4.11. The molecule has 0 radical (unpaired) electrons. The Morgan fingerprint density at radius 3 is 2.67 bits per heavy atom. The summed E-state index contributed by atoms with van der Waals surface area (Å²) in [5.41, 5.74) is 6.49. The number of nitrogens with two attached hydrogens (primary N) is 1. The lowest BCUT2D eigenvalue weighted by molar-refractivity contribution is 0.314. The standard InChI is InChI=1S/C11H15Cl2NO/c1-2-5-15-11-8(3-4-14)6-9(12)7-10(11)13/h6-7H,2-5,14H2,1H3. The molecule has 4 heteroatoms. The Morgan fingerprint density at radius 1 is 1.33 bits per heavy atom. The van der Waals surface area contributed by atoms with E-state index in [-0.39, 0.29) is 0 Å². The van der Waals surface area contributed by atoms with Crippen LogP contribution in [0.15, 0.2) is 12.1 Å². The molecule has 0 aromatic heterocycles. The highest BCUT2D eigenvalue weighted by Crippen LogP contribution is 2.32. The molecule has 2 N–H and O–H groups in total. The minimum Gasteiger partial charge on any atom is -0.492 e. The molecule has 0 aliphatic carbocycles. The Kier molecular flexibility index (Phi) is 5.23. The van der Waals surface area contributed by atoms with Gasteiger partial charge < -0.3 is 10.5 Å². The van der Waals surface area contributed by atoms with Gasteiger partial charge in [-0.25, -0.2) is 0 Å². The molecule has 84 valence electrons. The van der Waals surface area contributed by atoms with E-state index in [1.54, 1.807) is 6.07 Å². The summed E-state index contributed by atoms with van der Waals surface area (Å²) in [5, 5.41) is 1.17. The van der Waals surface area contributed by atoms with Crippen LogP contribution in [0.5, 0.6) is 5.75 Å². The molecule has 0 amide bonds. The number of benzene rings is 1. The van der Waals surface area contributed by atoms with Gasteiger partial charge in [-0.3, -0.25) is 0 Å². The third-order valence-corrected chi connectivity index (χ3v) is 2.45. The monoisotopic (exact) mass is 247 g/mol. The van der Waals surface area contributed by atoms with Gasteiger partial charge in [-0.1, -0.05) is 30.1 Å². The van der Waals surface area contributed by atoms with E-state index in [2.05, 4.69) is 0 Å². The van der Waals surface area contributed by atoms with Crippen LogP contribution in [0.3, 0.4) is 0 Å². The molecule has 0 fully saturated rings. The van der Waals surface area contributed by atoms with Crippen LogP contribution < -0.4 is 10.5 Å². The van der Waals surface area contributed by atoms with E-state index in [1.165, 1.54) is 0 Å². The molecule has 0 saturated carbocycles. The third-order valence-electron chi connectivity index (χ3n) is 1.95. The molecular weight excluding hydrogens is 233 g/mol. The van der Waals surface area contributed by atoms with Crippen LogP contribution in [-0.4, -0.2) is 13.2 Å². The highest BCUT2D eigenvalue weighted by molar-refractivity contribution is 6.35. The zero-order valence-corrected chi connectivity index (χ0v) is 10.2. The zero-order chi connectivity index (χ0) is 11.3. The number of halogens is 2. The van der Waals surface area contributed by atoms with E-state index in [4.69, 9.17) is 33.7 Å². The Morgan fingerprint density at radius 2 is 2.07 bits per heavy atom. The molecule has 0 unspecified atom stereocenters. The van der Waals surface area contributed by atoms with Gasteiger partial charge in [0.05, 0.1) is 11.6 Å². The van der Waals surface area contributed by atoms with Crippen LogP contribution >= 0.6 is 23.2 Å². The minimum absolute atomic E-state index is 0.555. The molecule has 1 rings (SSSR count). The topological polar surface area (TPSA) is 35.2 Å². The van der Waals surface area contributed by atoms with Crippen molar-refractivity contribution in [2.24, 2.45) is 5.73 Å². The van der Waals surface area contributed by atoms with Crippen molar-refractivity contribution in [1.29, 1.82) is 0 Å². The molecule has 0 heterocycles. The SMILES string of the molecule is CCCOc1c(Cl)cc(Cl)cc1CCN. The van der Waals surface area contributed by atoms with E-state index in [0.29, 0.717) is 28.9 Å². The minimum atomic E-state index is 0.555. The van der Waals surface area contributed by atoms with Crippen LogP contribution in [0.4, 0.5) is 0 Å². The highest BCUT2D eigenvalue weighted by atomic mass is 35.5. The van der Waals surface area contributed by atoms with Gasteiger partial charge in [0.15, 0.2) is 0 Å². The number of ether oxygens (including phenoxy) is 1. The highest BCUT2D eigenvalue weighted by Gasteiger charge is 2.09. The van der Waals surface area contributed by atoms with Gasteiger partial charge in [0.1, 0.15) is 5.75 Å². The summed E-state index contributed by atoms with van der Waals surface area (Å²) in [6, 6.07) is 3.54. The first-order valence-electron chi connectivity index (χ1n) is 4.99. The lowest BCUT2D eigenvalue weighted by atomic mass is 10.1. The molecular formula is C11H15Cl2NO. The summed E-state index contributed by atoms with van der Waals surface area (Å²) in [6.07, 6.45) is 1.67. The fourth-order valence-corrected chi connectivity index (χ4v) is 1.91. The zero-order valence-electron chi connectivity index (χ0n) is 8.72. The molecule has 2 nitrogen and oxygen atoms in total. The second-order valence-electron chi connectivity index (χ2n) is 3.26. The van der Waals surface area contributed by atoms with Crippen molar-refractivity contribution in [3.8, 4) is 5.75 Å². The maximum Gasteiger partial charge on any atom is 0.141 e. The predicted octanol–water partition coefficient (Wildman–Crippen LogP) is 3.28. The van der Waals surface area contributed by atoms with Crippen molar-refractivity contribution in [1.82, 2.24) is 0 Å². The van der Waals surface area contributed by atoms with Crippen molar-refractivity contribution in [3.05, 3.63) is 27.7 Å². The first kappa shape index (κ1) is 12.6. The molecule has 1 aromatic carbocycles. The predicted molar refractivity (Wildman–Crippen MR) is 65.0 cm³/mol. The fourth-order valence-electron chi connectivity index (χ4n) is 1.32. The van der Waals surface area contributed by atoms with E-state index < -0.39 is 0 Å². The van der Waals surface area contributed by atoms with Crippen molar-refractivity contribution < 1.29 is 4.74 Å². The molecule has 0 spiro atoms. The van der Waals surface area contributed by atoms with Gasteiger partial charge in [-0.15, -0.1) is 0 Å². The first-order chi connectivity index (χ1) is 7.19. The van der Waals surface area contributed by atoms with E-state index in [0.717, 1.165) is 18.4 Å². The summed E-state index contributed by atoms with van der Waals surface area (Å²) in [6.45, 7) is 3.25. The van der Waals surface area contributed by atoms with E-state index in [9.17, 15) is 0 Å². The average molecular weight is 248 g/mol. The van der Waals surface area contributed by atoms with Crippen LogP contribution in [0.1, 0.15) is 18.9 Å². The van der Waals surface area contributed by atoms with Gasteiger partial charge in [-0.05, 0) is 37.1 Å². The summed E-state index contributed by atoms with van der Waals surface area (Å²) in [7, 11) is 0. The lowest BCUT2D eigenvalue weighted by Crippen LogP contribution is -2.06. The van der Waals surface area contributed by atoms with Crippen molar-refractivity contribution >= 4 is 23.2 Å². The van der Waals surface area contributed by atoms with Crippen LogP contribution in [0.25, 0.3) is 0 Å². The number of hydrogen-bond acceptors (Lipinski definition) is 2. The molecule has 15 heavy (non-hydrogen) atoms. The van der Waals surface area contributed by atoms with Crippen molar-refractivity contribution in [2.75, 3.05) is 13.2 Å². The van der Waals surface area contributed by atoms with Crippen LogP contribution in [0, 0.1) is 0 Å². The Hall–Kier alpha value is -0.440. The first-order valence-corrected chi connectivity index (χ1v) is 5.75. The summed E-state index contributed by atoms with van der Waals surface area (Å²) < 4.78 is 5.58. The quantitative estimate of drug-likeness (QED) is 0.867. The van der Waals surface area contributed by atoms with Crippen LogP contribution in [0.2, 0.25) is 10.0 Å². The normalized spacial score (nSPS) is 10.4. The molecule has 1 aromatic rings. The Bertz CT molecular complexity index is 329.